The lowest BCUT2D eigenvalue weighted by atomic mass is 10.1. The van der Waals surface area contributed by atoms with E-state index in [1.54, 1.807) is 31.2 Å². The normalized spacial score (nSPS) is 15.4. The van der Waals surface area contributed by atoms with Crippen molar-refractivity contribution in [2.24, 2.45) is 0 Å². The van der Waals surface area contributed by atoms with Crippen LogP contribution in [0.1, 0.15) is 24.5 Å². The Morgan fingerprint density at radius 1 is 1.00 bits per heavy atom. The van der Waals surface area contributed by atoms with Crippen molar-refractivity contribution in [1.82, 2.24) is 9.62 Å². The lowest BCUT2D eigenvalue weighted by Gasteiger charge is -2.32. The summed E-state index contributed by atoms with van der Waals surface area (Å²) < 4.78 is 26.4. The Balaban J connectivity index is 1.44. The summed E-state index contributed by atoms with van der Waals surface area (Å²) >= 11 is 0. The first-order valence-corrected chi connectivity index (χ1v) is 11.7. The molecule has 0 spiro atoms. The number of rotatable bonds is 8. The second kappa shape index (κ2) is 10.0. The van der Waals surface area contributed by atoms with E-state index in [4.69, 9.17) is 0 Å². The molecule has 1 saturated heterocycles. The molecule has 0 bridgehead atoms. The summed E-state index contributed by atoms with van der Waals surface area (Å²) in [7, 11) is -3.43. The Labute approximate surface area is 173 Å². The molecule has 0 aliphatic carbocycles. The minimum atomic E-state index is -3.43. The number of hydrogen-bond donors (Lipinski definition) is 2. The van der Waals surface area contributed by atoms with E-state index in [9.17, 15) is 13.2 Å². The van der Waals surface area contributed by atoms with Crippen molar-refractivity contribution in [3.8, 4) is 0 Å². The molecule has 1 aliphatic heterocycles. The first-order chi connectivity index (χ1) is 14.0. The van der Waals surface area contributed by atoms with Crippen LogP contribution in [0.5, 0.6) is 0 Å². The summed E-state index contributed by atoms with van der Waals surface area (Å²) in [5.74, 6) is 0.174. The molecule has 0 unspecified atom stereocenters. The van der Waals surface area contributed by atoms with Gasteiger partial charge in [-0.15, -0.1) is 0 Å². The van der Waals surface area contributed by atoms with Gasteiger partial charge in [-0.2, -0.15) is 0 Å². The maximum absolute atomic E-state index is 12.6. The fourth-order valence-corrected chi connectivity index (χ4v) is 4.69. The zero-order valence-corrected chi connectivity index (χ0v) is 17.7. The number of hydrogen-bond acceptors (Lipinski definition) is 3. The Hall–Kier alpha value is -2.22. The molecule has 0 radical (unpaired) electrons. The molecule has 29 heavy (non-hydrogen) atoms. The van der Waals surface area contributed by atoms with E-state index in [-0.39, 0.29) is 10.8 Å². The molecule has 156 valence electrons. The number of aryl methyl sites for hydroxylation is 1. The zero-order chi connectivity index (χ0) is 20.7. The third-order valence-corrected chi connectivity index (χ3v) is 6.88. The van der Waals surface area contributed by atoms with Crippen molar-refractivity contribution in [3.05, 3.63) is 65.7 Å². The van der Waals surface area contributed by atoms with Crippen molar-refractivity contribution in [1.29, 1.82) is 0 Å². The van der Waals surface area contributed by atoms with E-state index in [1.807, 2.05) is 11.0 Å². The predicted molar refractivity (Wildman–Crippen MR) is 113 cm³/mol. The number of carbonyl (C=O) groups excluding carboxylic acids is 1. The lowest BCUT2D eigenvalue weighted by Crippen LogP contribution is -3.13. The summed E-state index contributed by atoms with van der Waals surface area (Å²) in [4.78, 5) is 16.3. The first-order valence-electron chi connectivity index (χ1n) is 10.2. The van der Waals surface area contributed by atoms with Crippen molar-refractivity contribution in [3.63, 3.8) is 0 Å². The Morgan fingerprint density at radius 3 is 2.28 bits per heavy atom. The summed E-state index contributed by atoms with van der Waals surface area (Å²) in [6.45, 7) is 6.64. The van der Waals surface area contributed by atoms with Gasteiger partial charge in [0.25, 0.3) is 0 Å². The average Bonchev–Trinajstić information content (AvgIpc) is 2.73. The fraction of sp³-hybridized carbons (Fsp3) is 0.409. The second-order valence-electron chi connectivity index (χ2n) is 7.44. The van der Waals surface area contributed by atoms with E-state index < -0.39 is 10.0 Å². The van der Waals surface area contributed by atoms with Crippen LogP contribution in [0.15, 0.2) is 59.5 Å². The topological polar surface area (TPSA) is 70.9 Å². The van der Waals surface area contributed by atoms with Gasteiger partial charge in [-0.1, -0.05) is 49.4 Å². The van der Waals surface area contributed by atoms with Crippen LogP contribution < -0.4 is 9.62 Å². The van der Waals surface area contributed by atoms with Gasteiger partial charge in [0.2, 0.25) is 15.9 Å². The van der Waals surface area contributed by atoms with Crippen LogP contribution in [-0.2, 0) is 27.8 Å². The highest BCUT2D eigenvalue weighted by Gasteiger charge is 2.23. The standard InChI is InChI=1S/C22H29N3O3S/c1-2-23-29(27,28)21-11-8-19(9-12-21)10-13-22(26)25-16-14-24(15-17-25)18-20-6-4-3-5-7-20/h3-9,11-12,23H,2,10,13-18H2,1H3/p+1. The minimum absolute atomic E-state index is 0.174. The van der Waals surface area contributed by atoms with E-state index >= 15 is 0 Å². The highest BCUT2D eigenvalue weighted by atomic mass is 32.2. The summed E-state index contributed by atoms with van der Waals surface area (Å²) in [5, 5.41) is 0. The number of benzene rings is 2. The van der Waals surface area contributed by atoms with Crippen molar-refractivity contribution in [2.75, 3.05) is 32.7 Å². The van der Waals surface area contributed by atoms with E-state index in [2.05, 4.69) is 29.0 Å². The van der Waals surface area contributed by atoms with Gasteiger partial charge in [0, 0.05) is 18.5 Å². The van der Waals surface area contributed by atoms with Gasteiger partial charge < -0.3 is 9.80 Å². The zero-order valence-electron chi connectivity index (χ0n) is 16.9. The second-order valence-corrected chi connectivity index (χ2v) is 9.21. The quantitative estimate of drug-likeness (QED) is 0.670. The summed E-state index contributed by atoms with van der Waals surface area (Å²) in [6, 6.07) is 17.3. The molecule has 7 heteroatoms. The number of sulfonamides is 1. The van der Waals surface area contributed by atoms with Crippen molar-refractivity contribution in [2.45, 2.75) is 31.2 Å². The van der Waals surface area contributed by atoms with E-state index in [0.717, 1.165) is 38.3 Å². The molecule has 2 N–H and O–H groups in total. The molecule has 1 heterocycles. The third kappa shape index (κ3) is 6.13. The minimum Gasteiger partial charge on any atom is -0.331 e. The predicted octanol–water partition coefficient (Wildman–Crippen LogP) is 0.845. The molecule has 1 aliphatic rings. The van der Waals surface area contributed by atoms with E-state index in [1.165, 1.54) is 10.5 Å². The number of nitrogens with one attached hydrogen (secondary N) is 2. The van der Waals surface area contributed by atoms with Crippen molar-refractivity contribution >= 4 is 15.9 Å². The molecule has 0 aromatic heterocycles. The molecule has 1 fully saturated rings. The Morgan fingerprint density at radius 2 is 1.66 bits per heavy atom. The largest absolute Gasteiger partial charge is 0.331 e. The number of carbonyl (C=O) groups is 1. The fourth-order valence-electron chi connectivity index (χ4n) is 3.65. The van der Waals surface area contributed by atoms with Gasteiger partial charge >= 0.3 is 0 Å². The number of nitrogens with zero attached hydrogens (tertiary/aromatic N) is 1. The molecule has 6 nitrogen and oxygen atoms in total. The van der Waals surface area contributed by atoms with Crippen LogP contribution in [0.3, 0.4) is 0 Å². The maximum Gasteiger partial charge on any atom is 0.240 e. The molecular formula is C22H30N3O3S+. The first kappa shape index (κ1) is 21.5. The van der Waals surface area contributed by atoms with Crippen LogP contribution >= 0.6 is 0 Å². The van der Waals surface area contributed by atoms with Crippen LogP contribution in [0.4, 0.5) is 0 Å². The van der Waals surface area contributed by atoms with Gasteiger partial charge in [0.05, 0.1) is 31.1 Å². The summed E-state index contributed by atoms with van der Waals surface area (Å²) in [6.07, 6.45) is 1.07. The molecular weight excluding hydrogens is 386 g/mol. The Kier molecular flexibility index (Phi) is 7.41. The summed E-state index contributed by atoms with van der Waals surface area (Å²) in [5.41, 5.74) is 2.31. The van der Waals surface area contributed by atoms with E-state index in [0.29, 0.717) is 19.4 Å². The van der Waals surface area contributed by atoms with Crippen LogP contribution in [0.25, 0.3) is 0 Å². The Bertz CT molecular complexity index is 891. The highest BCUT2D eigenvalue weighted by Crippen LogP contribution is 2.12. The van der Waals surface area contributed by atoms with Crippen LogP contribution in [-0.4, -0.2) is 51.9 Å². The monoisotopic (exact) mass is 416 g/mol. The van der Waals surface area contributed by atoms with Gasteiger partial charge in [-0.25, -0.2) is 13.1 Å². The SMILES string of the molecule is CCNS(=O)(=O)c1ccc(CCC(=O)N2CC[NH+](Cc3ccccc3)CC2)cc1. The molecule has 0 saturated carbocycles. The van der Waals surface area contributed by atoms with Gasteiger partial charge in [-0.05, 0) is 24.1 Å². The van der Waals surface area contributed by atoms with Crippen LogP contribution in [0, 0.1) is 0 Å². The molecule has 2 aromatic rings. The number of amides is 1. The van der Waals surface area contributed by atoms with Gasteiger partial charge in [0.15, 0.2) is 0 Å². The lowest BCUT2D eigenvalue weighted by molar-refractivity contribution is -0.917. The average molecular weight is 417 g/mol. The molecule has 2 aromatic carbocycles. The van der Waals surface area contributed by atoms with Gasteiger partial charge in [0.1, 0.15) is 6.54 Å². The highest BCUT2D eigenvalue weighted by molar-refractivity contribution is 7.89. The van der Waals surface area contributed by atoms with Crippen LogP contribution in [0.2, 0.25) is 0 Å². The third-order valence-electron chi connectivity index (χ3n) is 5.32. The molecule has 0 atom stereocenters. The van der Waals surface area contributed by atoms with Gasteiger partial charge in [-0.3, -0.25) is 4.79 Å². The molecule has 1 amide bonds. The number of piperazine rings is 1. The molecule has 3 rings (SSSR count). The smallest absolute Gasteiger partial charge is 0.240 e. The van der Waals surface area contributed by atoms with Crippen molar-refractivity contribution < 1.29 is 18.1 Å². The maximum atomic E-state index is 12.6. The number of quaternary nitrogens is 1.